The molecule has 0 bridgehead atoms. The van der Waals surface area contributed by atoms with E-state index in [9.17, 15) is 4.79 Å². The Bertz CT molecular complexity index is 698. The van der Waals surface area contributed by atoms with Crippen LogP contribution in [0.15, 0.2) is 36.5 Å². The second kappa shape index (κ2) is 7.34. The molecule has 2 aromatic rings. The smallest absolute Gasteiger partial charge is 0.246 e. The van der Waals surface area contributed by atoms with Gasteiger partial charge in [0.25, 0.3) is 0 Å². The molecule has 1 aliphatic heterocycles. The molecular formula is C17H20ClN3OS. The largest absolute Gasteiger partial charge is 0.351 e. The van der Waals surface area contributed by atoms with Crippen molar-refractivity contribution >= 4 is 34.9 Å². The third-order valence-corrected chi connectivity index (χ3v) is 5.29. The Labute approximate surface area is 145 Å². The lowest BCUT2D eigenvalue weighted by Gasteiger charge is -2.33. The number of aromatic nitrogens is 1. The zero-order valence-electron chi connectivity index (χ0n) is 13.1. The summed E-state index contributed by atoms with van der Waals surface area (Å²) in [6, 6.07) is 7.98. The van der Waals surface area contributed by atoms with Crippen molar-refractivity contribution in [1.29, 1.82) is 0 Å². The van der Waals surface area contributed by atoms with Crippen LogP contribution in [-0.4, -0.2) is 46.5 Å². The molecule has 0 aliphatic carbocycles. The van der Waals surface area contributed by atoms with Gasteiger partial charge in [0.2, 0.25) is 5.91 Å². The number of thiophene rings is 1. The van der Waals surface area contributed by atoms with Crippen LogP contribution in [-0.2, 0) is 18.4 Å². The van der Waals surface area contributed by atoms with Crippen LogP contribution in [0.1, 0.15) is 10.6 Å². The first kappa shape index (κ1) is 16.3. The Morgan fingerprint density at radius 2 is 2.04 bits per heavy atom. The molecule has 0 aromatic carbocycles. The second-order valence-electron chi connectivity index (χ2n) is 5.68. The first-order valence-electron chi connectivity index (χ1n) is 7.67. The highest BCUT2D eigenvalue weighted by Gasteiger charge is 2.20. The molecule has 0 saturated carbocycles. The number of piperazine rings is 1. The molecule has 1 amide bonds. The number of rotatable bonds is 4. The summed E-state index contributed by atoms with van der Waals surface area (Å²) in [5.74, 6) is 0.0880. The highest BCUT2D eigenvalue weighted by molar-refractivity contribution is 7.16. The Hall–Kier alpha value is -1.56. The first-order valence-corrected chi connectivity index (χ1v) is 8.86. The van der Waals surface area contributed by atoms with Crippen LogP contribution in [0.3, 0.4) is 0 Å². The molecule has 1 saturated heterocycles. The predicted octanol–water partition coefficient (Wildman–Crippen LogP) is 3.10. The fraction of sp³-hybridized carbons (Fsp3) is 0.353. The monoisotopic (exact) mass is 349 g/mol. The minimum absolute atomic E-state index is 0.0880. The molecule has 122 valence electrons. The fourth-order valence-electron chi connectivity index (χ4n) is 2.69. The van der Waals surface area contributed by atoms with Gasteiger partial charge in [-0.05, 0) is 30.3 Å². The molecule has 0 N–H and O–H groups in total. The number of carbonyl (C=O) groups is 1. The summed E-state index contributed by atoms with van der Waals surface area (Å²) in [6.45, 7) is 4.27. The maximum absolute atomic E-state index is 12.3. The highest BCUT2D eigenvalue weighted by Crippen LogP contribution is 2.23. The van der Waals surface area contributed by atoms with E-state index >= 15 is 0 Å². The number of carbonyl (C=O) groups excluding carboxylic acids is 1. The minimum Gasteiger partial charge on any atom is -0.351 e. The third kappa shape index (κ3) is 4.25. The van der Waals surface area contributed by atoms with Crippen LogP contribution in [0.25, 0.3) is 6.08 Å². The molecule has 0 radical (unpaired) electrons. The van der Waals surface area contributed by atoms with Gasteiger partial charge in [-0.3, -0.25) is 9.69 Å². The van der Waals surface area contributed by atoms with Gasteiger partial charge >= 0.3 is 0 Å². The van der Waals surface area contributed by atoms with Crippen LogP contribution in [0.4, 0.5) is 0 Å². The number of nitrogens with zero attached hydrogens (tertiary/aromatic N) is 3. The molecule has 2 aromatic heterocycles. The van der Waals surface area contributed by atoms with E-state index in [1.54, 1.807) is 17.4 Å². The lowest BCUT2D eigenvalue weighted by atomic mass is 10.2. The quantitative estimate of drug-likeness (QED) is 0.793. The lowest BCUT2D eigenvalue weighted by Crippen LogP contribution is -2.47. The maximum Gasteiger partial charge on any atom is 0.246 e. The van der Waals surface area contributed by atoms with Crippen molar-refractivity contribution in [2.24, 2.45) is 7.05 Å². The van der Waals surface area contributed by atoms with Gasteiger partial charge in [0.1, 0.15) is 0 Å². The van der Waals surface area contributed by atoms with Gasteiger partial charge in [-0.2, -0.15) is 0 Å². The van der Waals surface area contributed by atoms with E-state index in [2.05, 4.69) is 11.0 Å². The van der Waals surface area contributed by atoms with Gasteiger partial charge in [0, 0.05) is 62.6 Å². The van der Waals surface area contributed by atoms with Crippen LogP contribution in [0.5, 0.6) is 0 Å². The molecule has 3 heterocycles. The van der Waals surface area contributed by atoms with Crippen molar-refractivity contribution in [3.63, 3.8) is 0 Å². The van der Waals surface area contributed by atoms with E-state index < -0.39 is 0 Å². The summed E-state index contributed by atoms with van der Waals surface area (Å²) >= 11 is 7.59. The fourth-order valence-corrected chi connectivity index (χ4v) is 3.82. The van der Waals surface area contributed by atoms with Gasteiger partial charge in [-0.25, -0.2) is 0 Å². The minimum atomic E-state index is 0.0880. The summed E-state index contributed by atoms with van der Waals surface area (Å²) in [7, 11) is 1.97. The van der Waals surface area contributed by atoms with E-state index in [0.29, 0.717) is 0 Å². The maximum atomic E-state index is 12.3. The molecule has 0 atom stereocenters. The number of halogens is 1. The van der Waals surface area contributed by atoms with E-state index in [4.69, 9.17) is 11.6 Å². The van der Waals surface area contributed by atoms with Crippen LogP contribution in [0.2, 0.25) is 4.34 Å². The Morgan fingerprint density at radius 3 is 2.65 bits per heavy atom. The van der Waals surface area contributed by atoms with Crippen molar-refractivity contribution in [2.45, 2.75) is 6.54 Å². The standard InChI is InChI=1S/C17H20ClN3OS/c1-19-8-2-3-14(19)4-7-17(22)21-11-9-20(10-12-21)13-15-5-6-16(18)23-15/h2-8H,9-13H2,1H3/b7-4+. The van der Waals surface area contributed by atoms with Gasteiger partial charge < -0.3 is 9.47 Å². The Morgan fingerprint density at radius 1 is 1.26 bits per heavy atom. The summed E-state index contributed by atoms with van der Waals surface area (Å²) in [5.41, 5.74) is 1.03. The average Bonchev–Trinajstić information content (AvgIpc) is 3.14. The molecule has 23 heavy (non-hydrogen) atoms. The summed E-state index contributed by atoms with van der Waals surface area (Å²) in [6.07, 6.45) is 5.52. The third-order valence-electron chi connectivity index (χ3n) is 4.07. The van der Waals surface area contributed by atoms with Crippen molar-refractivity contribution in [2.75, 3.05) is 26.2 Å². The molecule has 4 nitrogen and oxygen atoms in total. The number of aryl methyl sites for hydroxylation is 1. The van der Waals surface area contributed by atoms with E-state index in [0.717, 1.165) is 42.8 Å². The SMILES string of the molecule is Cn1cccc1/C=C/C(=O)N1CCN(Cc2ccc(Cl)s2)CC1. The van der Waals surface area contributed by atoms with Crippen LogP contribution >= 0.6 is 22.9 Å². The van der Waals surface area contributed by atoms with Gasteiger partial charge in [0.05, 0.1) is 4.34 Å². The normalized spacial score (nSPS) is 16.3. The Kier molecular flexibility index (Phi) is 5.20. The molecule has 6 heteroatoms. The summed E-state index contributed by atoms with van der Waals surface area (Å²) in [4.78, 5) is 17.8. The van der Waals surface area contributed by atoms with Crippen LogP contribution < -0.4 is 0 Å². The lowest BCUT2D eigenvalue weighted by molar-refractivity contribution is -0.127. The van der Waals surface area contributed by atoms with E-state index in [1.807, 2.05) is 47.0 Å². The first-order chi connectivity index (χ1) is 11.1. The topological polar surface area (TPSA) is 28.5 Å². The van der Waals surface area contributed by atoms with Crippen LogP contribution in [0, 0.1) is 0 Å². The van der Waals surface area contributed by atoms with Crippen molar-refractivity contribution in [1.82, 2.24) is 14.4 Å². The van der Waals surface area contributed by atoms with Crippen molar-refractivity contribution < 1.29 is 4.79 Å². The summed E-state index contributed by atoms with van der Waals surface area (Å²) in [5, 5.41) is 0. The molecule has 0 spiro atoms. The van der Waals surface area contributed by atoms with Gasteiger partial charge in [-0.15, -0.1) is 11.3 Å². The van der Waals surface area contributed by atoms with E-state index in [1.165, 1.54) is 4.88 Å². The number of amides is 1. The zero-order valence-corrected chi connectivity index (χ0v) is 14.7. The number of hydrogen-bond donors (Lipinski definition) is 0. The molecule has 3 rings (SSSR count). The van der Waals surface area contributed by atoms with E-state index in [-0.39, 0.29) is 5.91 Å². The highest BCUT2D eigenvalue weighted by atomic mass is 35.5. The van der Waals surface area contributed by atoms with Gasteiger partial charge in [0.15, 0.2) is 0 Å². The van der Waals surface area contributed by atoms with Gasteiger partial charge in [-0.1, -0.05) is 11.6 Å². The average molecular weight is 350 g/mol. The Balaban J connectivity index is 1.49. The molecular weight excluding hydrogens is 330 g/mol. The predicted molar refractivity (Wildman–Crippen MR) is 95.6 cm³/mol. The number of hydrogen-bond acceptors (Lipinski definition) is 3. The van der Waals surface area contributed by atoms with Crippen molar-refractivity contribution in [3.8, 4) is 0 Å². The second-order valence-corrected chi connectivity index (χ2v) is 7.48. The summed E-state index contributed by atoms with van der Waals surface area (Å²) < 4.78 is 2.83. The zero-order chi connectivity index (χ0) is 16.2. The van der Waals surface area contributed by atoms with Crippen molar-refractivity contribution in [3.05, 3.63) is 51.4 Å². The molecule has 1 aliphatic rings. The molecule has 0 unspecified atom stereocenters. The molecule has 1 fully saturated rings.